The lowest BCUT2D eigenvalue weighted by Gasteiger charge is -2.39. The number of hydrogen-bond donors (Lipinski definition) is 0. The van der Waals surface area contributed by atoms with Crippen molar-refractivity contribution in [1.29, 1.82) is 0 Å². The van der Waals surface area contributed by atoms with E-state index in [4.69, 9.17) is 0 Å². The molecule has 0 N–H and O–H groups in total. The first-order valence-electron chi connectivity index (χ1n) is 5.64. The Kier molecular flexibility index (Phi) is 2.88. The number of carboxylic acids is 1. The van der Waals surface area contributed by atoms with E-state index in [0.717, 1.165) is 0 Å². The van der Waals surface area contributed by atoms with Crippen LogP contribution < -0.4 is 5.11 Å². The number of benzene rings is 1. The zero-order valence-corrected chi connectivity index (χ0v) is 9.68. The molecule has 1 saturated heterocycles. The average molecular weight is 232 g/mol. The fraction of sp³-hybridized carbons (Fsp3) is 0.385. The van der Waals surface area contributed by atoms with Gasteiger partial charge in [-0.1, -0.05) is 30.3 Å². The first-order chi connectivity index (χ1) is 8.09. The van der Waals surface area contributed by atoms with Crippen molar-refractivity contribution in [2.75, 3.05) is 6.54 Å². The van der Waals surface area contributed by atoms with Crippen LogP contribution in [0.25, 0.3) is 0 Å². The minimum Gasteiger partial charge on any atom is -0.547 e. The molecular weight excluding hydrogens is 218 g/mol. The second-order valence-corrected chi connectivity index (χ2v) is 4.29. The topological polar surface area (TPSA) is 60.4 Å². The second-order valence-electron chi connectivity index (χ2n) is 4.29. The molecule has 0 saturated carbocycles. The lowest BCUT2D eigenvalue weighted by atomic mass is 9.87. The molecule has 1 aromatic carbocycles. The molecule has 4 nitrogen and oxygen atoms in total. The molecule has 17 heavy (non-hydrogen) atoms. The molecule has 0 aromatic heterocycles. The Hall–Kier alpha value is -1.84. The zero-order chi connectivity index (χ0) is 12.5. The summed E-state index contributed by atoms with van der Waals surface area (Å²) in [6, 6.07) is 8.83. The molecule has 0 aliphatic carbocycles. The fourth-order valence-electron chi connectivity index (χ4n) is 2.59. The third kappa shape index (κ3) is 1.69. The normalized spacial score (nSPS) is 23.7. The molecule has 1 fully saturated rings. The first-order valence-corrected chi connectivity index (χ1v) is 5.64. The van der Waals surface area contributed by atoms with Gasteiger partial charge in [0.15, 0.2) is 0 Å². The quantitative estimate of drug-likeness (QED) is 0.735. The number of carbonyl (C=O) groups is 2. The van der Waals surface area contributed by atoms with Gasteiger partial charge >= 0.3 is 0 Å². The monoisotopic (exact) mass is 232 g/mol. The molecule has 0 spiro atoms. The van der Waals surface area contributed by atoms with E-state index < -0.39 is 11.5 Å². The number of likely N-dealkylation sites (tertiary alicyclic amines) is 1. The van der Waals surface area contributed by atoms with Crippen LogP contribution in [0.4, 0.5) is 0 Å². The highest BCUT2D eigenvalue weighted by Crippen LogP contribution is 2.38. The standard InChI is InChI=1S/C13H15NO3/c1-10(15)14-9-5-8-13(14,12(16)17)11-6-3-2-4-7-11/h2-4,6-7H,5,8-9H2,1H3,(H,16,17)/p-1/t13-/m0/s1. The van der Waals surface area contributed by atoms with Crippen molar-refractivity contribution in [2.24, 2.45) is 0 Å². The van der Waals surface area contributed by atoms with Gasteiger partial charge in [-0.05, 0) is 18.4 Å². The summed E-state index contributed by atoms with van der Waals surface area (Å²) in [6.07, 6.45) is 1.10. The predicted molar refractivity (Wildman–Crippen MR) is 59.7 cm³/mol. The molecule has 0 bridgehead atoms. The minimum atomic E-state index is -1.28. The molecule has 4 heteroatoms. The summed E-state index contributed by atoms with van der Waals surface area (Å²) in [4.78, 5) is 24.5. The van der Waals surface area contributed by atoms with Crippen molar-refractivity contribution in [2.45, 2.75) is 25.3 Å². The fourth-order valence-corrected chi connectivity index (χ4v) is 2.59. The van der Waals surface area contributed by atoms with E-state index >= 15 is 0 Å². The van der Waals surface area contributed by atoms with Gasteiger partial charge in [-0.2, -0.15) is 0 Å². The van der Waals surface area contributed by atoms with Crippen LogP contribution in [0.15, 0.2) is 30.3 Å². The van der Waals surface area contributed by atoms with Gasteiger partial charge in [0.2, 0.25) is 5.91 Å². The number of rotatable bonds is 2. The second kappa shape index (κ2) is 4.20. The minimum absolute atomic E-state index is 0.226. The molecule has 0 unspecified atom stereocenters. The molecule has 1 aliphatic heterocycles. The third-order valence-corrected chi connectivity index (χ3v) is 3.35. The van der Waals surface area contributed by atoms with Gasteiger partial charge in [0.25, 0.3) is 0 Å². The molecule has 1 aromatic rings. The van der Waals surface area contributed by atoms with Crippen LogP contribution in [0.3, 0.4) is 0 Å². The lowest BCUT2D eigenvalue weighted by molar-refractivity contribution is -0.318. The van der Waals surface area contributed by atoms with Crippen molar-refractivity contribution in [1.82, 2.24) is 4.90 Å². The van der Waals surface area contributed by atoms with Gasteiger partial charge < -0.3 is 14.8 Å². The van der Waals surface area contributed by atoms with E-state index in [1.54, 1.807) is 24.3 Å². The van der Waals surface area contributed by atoms with Gasteiger partial charge in [-0.25, -0.2) is 0 Å². The SMILES string of the molecule is CC(=O)N1CCC[C@@]1(C(=O)[O-])c1ccccc1. The van der Waals surface area contributed by atoms with E-state index in [9.17, 15) is 14.7 Å². The molecule has 1 heterocycles. The third-order valence-electron chi connectivity index (χ3n) is 3.35. The predicted octanol–water partition coefficient (Wildman–Crippen LogP) is 0.274. The smallest absolute Gasteiger partial charge is 0.220 e. The highest BCUT2D eigenvalue weighted by Gasteiger charge is 2.45. The van der Waals surface area contributed by atoms with Crippen molar-refractivity contribution in [3.8, 4) is 0 Å². The summed E-state index contributed by atoms with van der Waals surface area (Å²) < 4.78 is 0. The average Bonchev–Trinajstić information content (AvgIpc) is 2.75. The number of nitrogens with zero attached hydrogens (tertiary/aromatic N) is 1. The Balaban J connectivity index is 2.54. The maximum absolute atomic E-state index is 11.6. The maximum atomic E-state index is 11.6. The first kappa shape index (κ1) is 11.6. The Bertz CT molecular complexity index is 443. The van der Waals surface area contributed by atoms with Crippen LogP contribution in [0.2, 0.25) is 0 Å². The molecule has 1 aliphatic rings. The largest absolute Gasteiger partial charge is 0.547 e. The van der Waals surface area contributed by atoms with Crippen molar-refractivity contribution in [3.63, 3.8) is 0 Å². The number of carbonyl (C=O) groups excluding carboxylic acids is 2. The maximum Gasteiger partial charge on any atom is 0.220 e. The van der Waals surface area contributed by atoms with E-state index in [1.807, 2.05) is 6.07 Å². The van der Waals surface area contributed by atoms with E-state index in [0.29, 0.717) is 24.9 Å². The van der Waals surface area contributed by atoms with Crippen LogP contribution in [0.5, 0.6) is 0 Å². The lowest BCUT2D eigenvalue weighted by Crippen LogP contribution is -2.55. The summed E-state index contributed by atoms with van der Waals surface area (Å²) in [7, 11) is 0. The van der Waals surface area contributed by atoms with E-state index in [2.05, 4.69) is 0 Å². The van der Waals surface area contributed by atoms with Crippen LogP contribution in [-0.2, 0) is 15.1 Å². The Morgan fingerprint density at radius 2 is 1.94 bits per heavy atom. The highest BCUT2D eigenvalue weighted by atomic mass is 16.4. The molecular formula is C13H14NO3-. The molecule has 90 valence electrons. The van der Waals surface area contributed by atoms with Gasteiger partial charge in [0.05, 0.1) is 5.97 Å². The summed E-state index contributed by atoms with van der Waals surface area (Å²) in [5.41, 5.74) is -0.666. The zero-order valence-electron chi connectivity index (χ0n) is 9.68. The van der Waals surface area contributed by atoms with Crippen LogP contribution in [0, 0.1) is 0 Å². The van der Waals surface area contributed by atoms with Gasteiger partial charge in [0.1, 0.15) is 5.54 Å². The molecule has 1 amide bonds. The number of amides is 1. The highest BCUT2D eigenvalue weighted by molar-refractivity contribution is 5.87. The molecule has 2 rings (SSSR count). The summed E-state index contributed by atoms with van der Waals surface area (Å²) >= 11 is 0. The van der Waals surface area contributed by atoms with Gasteiger partial charge in [0, 0.05) is 13.5 Å². The number of carboxylic acid groups (broad SMARTS) is 1. The summed E-state index contributed by atoms with van der Waals surface area (Å²) in [5, 5.41) is 11.5. The van der Waals surface area contributed by atoms with Gasteiger partial charge in [-0.15, -0.1) is 0 Å². The summed E-state index contributed by atoms with van der Waals surface area (Å²) in [6.45, 7) is 1.87. The van der Waals surface area contributed by atoms with Gasteiger partial charge in [-0.3, -0.25) is 4.79 Å². The van der Waals surface area contributed by atoms with Crippen LogP contribution in [-0.4, -0.2) is 23.3 Å². The van der Waals surface area contributed by atoms with E-state index in [-0.39, 0.29) is 5.91 Å². The number of hydrogen-bond acceptors (Lipinski definition) is 3. The van der Waals surface area contributed by atoms with E-state index in [1.165, 1.54) is 11.8 Å². The Morgan fingerprint density at radius 1 is 1.29 bits per heavy atom. The molecule has 0 radical (unpaired) electrons. The van der Waals surface area contributed by atoms with Crippen molar-refractivity contribution < 1.29 is 14.7 Å². The molecule has 1 atom stereocenters. The van der Waals surface area contributed by atoms with Crippen molar-refractivity contribution >= 4 is 11.9 Å². The van der Waals surface area contributed by atoms with Crippen LogP contribution >= 0.6 is 0 Å². The Morgan fingerprint density at radius 3 is 2.47 bits per heavy atom. The summed E-state index contributed by atoms with van der Waals surface area (Å²) in [5.74, 6) is -1.42. The Labute approximate surface area is 99.9 Å². The van der Waals surface area contributed by atoms with Crippen LogP contribution in [0.1, 0.15) is 25.3 Å². The van der Waals surface area contributed by atoms with Crippen molar-refractivity contribution in [3.05, 3.63) is 35.9 Å². The number of aliphatic carboxylic acids is 1.